The Labute approximate surface area is 157 Å². The number of hydrazine groups is 1. The summed E-state index contributed by atoms with van der Waals surface area (Å²) in [7, 11) is 1.63. The molecule has 0 aliphatic carbocycles. The third kappa shape index (κ3) is 2.60. The summed E-state index contributed by atoms with van der Waals surface area (Å²) >= 11 is 0. The second-order valence-electron chi connectivity index (χ2n) is 6.80. The van der Waals surface area contributed by atoms with Gasteiger partial charge in [0.1, 0.15) is 23.4 Å². The summed E-state index contributed by atoms with van der Waals surface area (Å²) in [6, 6.07) is 9.95. The number of pyridine rings is 1. The van der Waals surface area contributed by atoms with Gasteiger partial charge in [0, 0.05) is 18.3 Å². The van der Waals surface area contributed by atoms with Gasteiger partial charge in [-0.1, -0.05) is 12.1 Å². The molecule has 1 aromatic heterocycles. The van der Waals surface area contributed by atoms with E-state index in [0.717, 1.165) is 48.8 Å². The predicted octanol–water partition coefficient (Wildman–Crippen LogP) is 1.40. The van der Waals surface area contributed by atoms with Gasteiger partial charge in [-0.2, -0.15) is 5.43 Å². The molecule has 0 radical (unpaired) electrons. The first-order valence-electron chi connectivity index (χ1n) is 9.09. The number of amidine groups is 1. The average Bonchev–Trinajstić information content (AvgIpc) is 3.13. The molecule has 0 amide bonds. The van der Waals surface area contributed by atoms with Gasteiger partial charge in [0.05, 0.1) is 13.7 Å². The molecular weight excluding hydrogens is 342 g/mol. The van der Waals surface area contributed by atoms with E-state index >= 15 is 0 Å². The van der Waals surface area contributed by atoms with Crippen LogP contribution in [-0.2, 0) is 6.42 Å². The zero-order chi connectivity index (χ0) is 18.4. The number of rotatable bonds is 3. The number of aromatic nitrogens is 1. The van der Waals surface area contributed by atoms with Crippen LogP contribution < -0.4 is 20.8 Å². The number of nitrogens with two attached hydrogens (primary N) is 1. The minimum Gasteiger partial charge on any atom is -0.494 e. The SMILES string of the molecule is COc1cccc2c1N=C(N)N1NC(CN3CCCc4cccnc43)N=C21. The molecule has 3 N–H and O–H groups in total. The van der Waals surface area contributed by atoms with E-state index in [4.69, 9.17) is 15.5 Å². The Balaban J connectivity index is 1.45. The third-order valence-electron chi connectivity index (χ3n) is 5.12. The number of ether oxygens (including phenoxy) is 1. The van der Waals surface area contributed by atoms with Crippen LogP contribution in [0.5, 0.6) is 5.75 Å². The highest BCUT2D eigenvalue weighted by Gasteiger charge is 2.35. The van der Waals surface area contributed by atoms with Gasteiger partial charge in [0.25, 0.3) is 0 Å². The molecule has 3 aliphatic rings. The second kappa shape index (κ2) is 6.24. The zero-order valence-corrected chi connectivity index (χ0v) is 15.1. The fourth-order valence-corrected chi connectivity index (χ4v) is 3.90. The maximum atomic E-state index is 6.18. The quantitative estimate of drug-likeness (QED) is 0.856. The van der Waals surface area contributed by atoms with Gasteiger partial charge in [-0.3, -0.25) is 0 Å². The highest BCUT2D eigenvalue weighted by atomic mass is 16.5. The lowest BCUT2D eigenvalue weighted by Crippen LogP contribution is -2.52. The number of aliphatic imine (C=N–C) groups is 2. The Bertz CT molecular complexity index is 955. The summed E-state index contributed by atoms with van der Waals surface area (Å²) in [6.45, 7) is 1.69. The van der Waals surface area contributed by atoms with E-state index in [2.05, 4.69) is 26.4 Å². The number of nitrogens with zero attached hydrogens (tertiary/aromatic N) is 5. The van der Waals surface area contributed by atoms with Crippen LogP contribution in [-0.4, -0.2) is 48.2 Å². The van der Waals surface area contributed by atoms with Crippen molar-refractivity contribution < 1.29 is 4.74 Å². The Morgan fingerprint density at radius 2 is 2.22 bits per heavy atom. The molecule has 2 aromatic rings. The van der Waals surface area contributed by atoms with Gasteiger partial charge in [0.2, 0.25) is 5.96 Å². The summed E-state index contributed by atoms with van der Waals surface area (Å²) in [4.78, 5) is 16.3. The number of hydrogen-bond donors (Lipinski definition) is 2. The van der Waals surface area contributed by atoms with E-state index in [1.165, 1.54) is 5.56 Å². The molecular formula is C19H21N7O. The highest BCUT2D eigenvalue weighted by molar-refractivity contribution is 6.15. The van der Waals surface area contributed by atoms with Crippen LogP contribution in [0.2, 0.25) is 0 Å². The molecule has 0 bridgehead atoms. The van der Waals surface area contributed by atoms with E-state index < -0.39 is 0 Å². The Kier molecular flexibility index (Phi) is 3.71. The first-order valence-corrected chi connectivity index (χ1v) is 9.09. The molecule has 8 heteroatoms. The van der Waals surface area contributed by atoms with Crippen molar-refractivity contribution in [2.45, 2.75) is 19.0 Å². The van der Waals surface area contributed by atoms with Crippen molar-refractivity contribution in [3.8, 4) is 5.75 Å². The molecule has 0 saturated heterocycles. The normalized spacial score (nSPS) is 20.4. The van der Waals surface area contributed by atoms with Crippen molar-refractivity contribution in [1.29, 1.82) is 0 Å². The number of benzene rings is 1. The number of para-hydroxylation sites is 1. The molecule has 138 valence electrons. The van der Waals surface area contributed by atoms with Crippen molar-refractivity contribution in [3.63, 3.8) is 0 Å². The van der Waals surface area contributed by atoms with Gasteiger partial charge in [-0.05, 0) is 36.6 Å². The molecule has 4 heterocycles. The molecule has 0 spiro atoms. The molecule has 1 unspecified atom stereocenters. The van der Waals surface area contributed by atoms with E-state index in [-0.39, 0.29) is 6.17 Å². The van der Waals surface area contributed by atoms with Crippen molar-refractivity contribution >= 4 is 23.3 Å². The predicted molar refractivity (Wildman–Crippen MR) is 104 cm³/mol. The van der Waals surface area contributed by atoms with Gasteiger partial charge in [0.15, 0.2) is 5.84 Å². The summed E-state index contributed by atoms with van der Waals surface area (Å²) in [5, 5.41) is 1.76. The Morgan fingerprint density at radius 1 is 1.30 bits per heavy atom. The maximum Gasteiger partial charge on any atom is 0.217 e. The Morgan fingerprint density at radius 3 is 3.11 bits per heavy atom. The number of guanidine groups is 1. The topological polar surface area (TPSA) is 91.4 Å². The minimum absolute atomic E-state index is 0.126. The number of nitrogens with one attached hydrogen (secondary N) is 1. The molecule has 8 nitrogen and oxygen atoms in total. The molecule has 3 aliphatic heterocycles. The average molecular weight is 363 g/mol. The van der Waals surface area contributed by atoms with Crippen LogP contribution in [0.3, 0.4) is 0 Å². The highest BCUT2D eigenvalue weighted by Crippen LogP contribution is 2.36. The summed E-state index contributed by atoms with van der Waals surface area (Å²) in [5.41, 5.74) is 12.5. The fourth-order valence-electron chi connectivity index (χ4n) is 3.90. The number of hydrogen-bond acceptors (Lipinski definition) is 8. The number of methoxy groups -OCH3 is 1. The van der Waals surface area contributed by atoms with Crippen molar-refractivity contribution in [2.24, 2.45) is 15.7 Å². The summed E-state index contributed by atoms with van der Waals surface area (Å²) in [5.74, 6) is 2.89. The van der Waals surface area contributed by atoms with Crippen LogP contribution in [0.4, 0.5) is 11.5 Å². The van der Waals surface area contributed by atoms with E-state index in [0.29, 0.717) is 11.7 Å². The Hall–Kier alpha value is -3.13. The van der Waals surface area contributed by atoms with E-state index in [1.54, 1.807) is 12.1 Å². The molecule has 0 saturated carbocycles. The lowest BCUT2D eigenvalue weighted by atomic mass is 10.1. The van der Waals surface area contributed by atoms with Gasteiger partial charge >= 0.3 is 0 Å². The summed E-state index contributed by atoms with van der Waals surface area (Å²) < 4.78 is 5.42. The number of anilines is 1. The second-order valence-corrected chi connectivity index (χ2v) is 6.80. The van der Waals surface area contributed by atoms with Crippen molar-refractivity contribution in [3.05, 3.63) is 47.7 Å². The molecule has 1 atom stereocenters. The number of aryl methyl sites for hydroxylation is 1. The largest absolute Gasteiger partial charge is 0.494 e. The first-order chi connectivity index (χ1) is 13.2. The van der Waals surface area contributed by atoms with Gasteiger partial charge in [-0.25, -0.2) is 20.0 Å². The lowest BCUT2D eigenvalue weighted by Gasteiger charge is -2.31. The van der Waals surface area contributed by atoms with Crippen molar-refractivity contribution in [2.75, 3.05) is 25.1 Å². The third-order valence-corrected chi connectivity index (χ3v) is 5.12. The number of fused-ring (bicyclic) bond motifs is 4. The lowest BCUT2D eigenvalue weighted by molar-refractivity contribution is 0.399. The minimum atomic E-state index is -0.126. The molecule has 5 rings (SSSR count). The fraction of sp³-hybridized carbons (Fsp3) is 0.316. The van der Waals surface area contributed by atoms with E-state index in [1.807, 2.05) is 30.5 Å². The van der Waals surface area contributed by atoms with Crippen LogP contribution in [0.25, 0.3) is 0 Å². The zero-order valence-electron chi connectivity index (χ0n) is 15.1. The molecule has 0 fully saturated rings. The monoisotopic (exact) mass is 363 g/mol. The standard InChI is InChI=1S/C19H21N7O/c1-27-14-8-2-7-13-16(14)23-19(20)26-18(13)22-15(24-26)11-25-10-4-6-12-5-3-9-21-17(12)25/h2-3,5,7-9,15,24H,4,6,10-11H2,1H3,(H2,20,23). The maximum absolute atomic E-state index is 6.18. The van der Waals surface area contributed by atoms with Crippen LogP contribution in [0.15, 0.2) is 46.5 Å². The molecule has 27 heavy (non-hydrogen) atoms. The van der Waals surface area contributed by atoms with Crippen LogP contribution in [0.1, 0.15) is 17.5 Å². The van der Waals surface area contributed by atoms with Crippen molar-refractivity contribution in [1.82, 2.24) is 15.4 Å². The van der Waals surface area contributed by atoms with E-state index in [9.17, 15) is 0 Å². The first kappa shape index (κ1) is 16.1. The smallest absolute Gasteiger partial charge is 0.217 e. The van der Waals surface area contributed by atoms with Crippen LogP contribution >= 0.6 is 0 Å². The van der Waals surface area contributed by atoms with Gasteiger partial charge in [-0.15, -0.1) is 0 Å². The summed E-state index contributed by atoms with van der Waals surface area (Å²) in [6.07, 6.45) is 3.92. The van der Waals surface area contributed by atoms with Crippen LogP contribution in [0, 0.1) is 0 Å². The molecule has 1 aromatic carbocycles. The van der Waals surface area contributed by atoms with Gasteiger partial charge < -0.3 is 15.4 Å².